The third-order valence-electron chi connectivity index (χ3n) is 3.80. The van der Waals surface area contributed by atoms with Crippen LogP contribution in [0.2, 0.25) is 0 Å². The van der Waals surface area contributed by atoms with Crippen molar-refractivity contribution < 1.29 is 9.90 Å². The van der Waals surface area contributed by atoms with Crippen molar-refractivity contribution in [1.29, 1.82) is 0 Å². The standard InChI is InChI=1S/C14H28N2O2/c1-11(2)10-13(14(17)18)15-8-7-12-6-4-5-9-16(12)3/h11-13,15H,4-10H2,1-3H3,(H,17,18). The minimum atomic E-state index is -0.722. The Bertz CT molecular complexity index is 256. The molecule has 1 saturated heterocycles. The van der Waals surface area contributed by atoms with Crippen molar-refractivity contribution in [1.82, 2.24) is 10.2 Å². The van der Waals surface area contributed by atoms with Crippen LogP contribution in [0.25, 0.3) is 0 Å². The van der Waals surface area contributed by atoms with Crippen LogP contribution in [-0.2, 0) is 4.79 Å². The number of rotatable bonds is 7. The van der Waals surface area contributed by atoms with E-state index in [4.69, 9.17) is 5.11 Å². The van der Waals surface area contributed by atoms with Crippen LogP contribution in [0.15, 0.2) is 0 Å². The molecule has 0 amide bonds. The Hall–Kier alpha value is -0.610. The van der Waals surface area contributed by atoms with Gasteiger partial charge in [-0.3, -0.25) is 4.79 Å². The topological polar surface area (TPSA) is 52.6 Å². The Labute approximate surface area is 111 Å². The quantitative estimate of drug-likeness (QED) is 0.731. The highest BCUT2D eigenvalue weighted by atomic mass is 16.4. The molecule has 1 heterocycles. The van der Waals surface area contributed by atoms with Gasteiger partial charge in [-0.15, -0.1) is 0 Å². The van der Waals surface area contributed by atoms with Gasteiger partial charge < -0.3 is 15.3 Å². The smallest absolute Gasteiger partial charge is 0.320 e. The van der Waals surface area contributed by atoms with Gasteiger partial charge >= 0.3 is 5.97 Å². The molecule has 1 fully saturated rings. The molecule has 2 unspecified atom stereocenters. The van der Waals surface area contributed by atoms with Crippen LogP contribution in [0, 0.1) is 5.92 Å². The fourth-order valence-electron chi connectivity index (χ4n) is 2.68. The summed E-state index contributed by atoms with van der Waals surface area (Å²) >= 11 is 0. The molecule has 0 aromatic rings. The lowest BCUT2D eigenvalue weighted by Crippen LogP contribution is -2.42. The predicted molar refractivity (Wildman–Crippen MR) is 73.8 cm³/mol. The maximum Gasteiger partial charge on any atom is 0.320 e. The molecule has 0 bridgehead atoms. The molecule has 0 spiro atoms. The first-order valence-corrected chi connectivity index (χ1v) is 7.17. The van der Waals surface area contributed by atoms with E-state index in [1.54, 1.807) is 0 Å². The average Bonchev–Trinajstić information content (AvgIpc) is 2.29. The predicted octanol–water partition coefficient (Wildman–Crippen LogP) is 1.95. The van der Waals surface area contributed by atoms with Crippen molar-refractivity contribution in [2.45, 2.75) is 58.0 Å². The van der Waals surface area contributed by atoms with Crippen LogP contribution in [0.1, 0.15) is 46.0 Å². The Morgan fingerprint density at radius 2 is 2.17 bits per heavy atom. The van der Waals surface area contributed by atoms with Gasteiger partial charge in [0.05, 0.1) is 0 Å². The maximum atomic E-state index is 11.1. The second-order valence-corrected chi connectivity index (χ2v) is 5.89. The molecule has 4 heteroatoms. The van der Waals surface area contributed by atoms with Crippen LogP contribution in [0.4, 0.5) is 0 Å². The zero-order valence-electron chi connectivity index (χ0n) is 12.0. The van der Waals surface area contributed by atoms with E-state index in [2.05, 4.69) is 31.1 Å². The lowest BCUT2D eigenvalue weighted by Gasteiger charge is -2.32. The van der Waals surface area contributed by atoms with Crippen molar-refractivity contribution >= 4 is 5.97 Å². The van der Waals surface area contributed by atoms with Gasteiger partial charge in [-0.05, 0) is 51.7 Å². The number of nitrogens with zero attached hydrogens (tertiary/aromatic N) is 1. The molecular formula is C14H28N2O2. The van der Waals surface area contributed by atoms with E-state index in [1.807, 2.05) is 0 Å². The van der Waals surface area contributed by atoms with E-state index >= 15 is 0 Å². The maximum absolute atomic E-state index is 11.1. The molecule has 2 atom stereocenters. The summed E-state index contributed by atoms with van der Waals surface area (Å²) in [6.45, 7) is 6.11. The molecule has 18 heavy (non-hydrogen) atoms. The van der Waals surface area contributed by atoms with Crippen molar-refractivity contribution in [3.05, 3.63) is 0 Å². The lowest BCUT2D eigenvalue weighted by atomic mass is 9.99. The largest absolute Gasteiger partial charge is 0.480 e. The molecule has 0 aromatic heterocycles. The summed E-state index contributed by atoms with van der Waals surface area (Å²) in [5, 5.41) is 12.3. The van der Waals surface area contributed by atoms with E-state index in [9.17, 15) is 4.79 Å². The molecule has 0 aromatic carbocycles. The first-order chi connectivity index (χ1) is 8.50. The van der Waals surface area contributed by atoms with Crippen LogP contribution in [0.5, 0.6) is 0 Å². The van der Waals surface area contributed by atoms with E-state index in [0.29, 0.717) is 18.4 Å². The molecule has 0 radical (unpaired) electrons. The van der Waals surface area contributed by atoms with Crippen molar-refractivity contribution in [3.63, 3.8) is 0 Å². The highest BCUT2D eigenvalue weighted by Crippen LogP contribution is 2.17. The molecule has 1 aliphatic heterocycles. The Morgan fingerprint density at radius 1 is 1.44 bits per heavy atom. The van der Waals surface area contributed by atoms with Gasteiger partial charge in [0.2, 0.25) is 0 Å². The first-order valence-electron chi connectivity index (χ1n) is 7.17. The van der Waals surface area contributed by atoms with E-state index < -0.39 is 5.97 Å². The molecule has 0 saturated carbocycles. The molecule has 4 nitrogen and oxygen atoms in total. The van der Waals surface area contributed by atoms with Gasteiger partial charge in [-0.1, -0.05) is 20.3 Å². The number of piperidine rings is 1. The summed E-state index contributed by atoms with van der Waals surface area (Å²) in [5.41, 5.74) is 0. The van der Waals surface area contributed by atoms with Crippen molar-refractivity contribution in [2.24, 2.45) is 5.92 Å². The van der Waals surface area contributed by atoms with E-state index in [0.717, 1.165) is 13.0 Å². The minimum absolute atomic E-state index is 0.390. The highest BCUT2D eigenvalue weighted by molar-refractivity contribution is 5.73. The summed E-state index contributed by atoms with van der Waals surface area (Å²) in [7, 11) is 2.17. The van der Waals surface area contributed by atoms with Gasteiger partial charge in [-0.2, -0.15) is 0 Å². The molecule has 106 valence electrons. The molecule has 0 aliphatic carbocycles. The van der Waals surface area contributed by atoms with Crippen LogP contribution in [0.3, 0.4) is 0 Å². The fourth-order valence-corrected chi connectivity index (χ4v) is 2.68. The van der Waals surface area contributed by atoms with Gasteiger partial charge in [0.15, 0.2) is 0 Å². The number of carboxylic acids is 1. The van der Waals surface area contributed by atoms with Crippen molar-refractivity contribution in [2.75, 3.05) is 20.1 Å². The number of hydrogen-bond acceptors (Lipinski definition) is 3. The second-order valence-electron chi connectivity index (χ2n) is 5.89. The second kappa shape index (κ2) is 7.74. The Balaban J connectivity index is 2.27. The summed E-state index contributed by atoms with van der Waals surface area (Å²) in [6, 6.07) is 0.235. The van der Waals surface area contributed by atoms with Gasteiger partial charge in [0.1, 0.15) is 6.04 Å². The fraction of sp³-hybridized carbons (Fsp3) is 0.929. The average molecular weight is 256 g/mol. The molecular weight excluding hydrogens is 228 g/mol. The zero-order chi connectivity index (χ0) is 13.5. The van der Waals surface area contributed by atoms with E-state index in [-0.39, 0.29) is 6.04 Å². The highest BCUT2D eigenvalue weighted by Gasteiger charge is 2.21. The normalized spacial score (nSPS) is 23.2. The summed E-state index contributed by atoms with van der Waals surface area (Å²) < 4.78 is 0. The summed E-state index contributed by atoms with van der Waals surface area (Å²) in [6.07, 6.45) is 5.61. The number of nitrogens with one attached hydrogen (secondary N) is 1. The Morgan fingerprint density at radius 3 is 2.72 bits per heavy atom. The molecule has 1 aliphatic rings. The third-order valence-corrected chi connectivity index (χ3v) is 3.80. The minimum Gasteiger partial charge on any atom is -0.480 e. The number of likely N-dealkylation sites (tertiary alicyclic amines) is 1. The summed E-state index contributed by atoms with van der Waals surface area (Å²) in [4.78, 5) is 13.5. The molecule has 2 N–H and O–H groups in total. The van der Waals surface area contributed by atoms with Gasteiger partial charge in [0, 0.05) is 6.04 Å². The first kappa shape index (κ1) is 15.4. The number of carbonyl (C=O) groups is 1. The summed E-state index contributed by atoms with van der Waals surface area (Å²) in [5.74, 6) is -0.309. The van der Waals surface area contributed by atoms with Crippen molar-refractivity contribution in [3.8, 4) is 0 Å². The van der Waals surface area contributed by atoms with Crippen LogP contribution < -0.4 is 5.32 Å². The van der Waals surface area contributed by atoms with Crippen LogP contribution in [-0.4, -0.2) is 48.2 Å². The number of hydrogen-bond donors (Lipinski definition) is 2. The molecule has 1 rings (SSSR count). The monoisotopic (exact) mass is 256 g/mol. The third kappa shape index (κ3) is 5.36. The lowest BCUT2D eigenvalue weighted by molar-refractivity contribution is -0.139. The van der Waals surface area contributed by atoms with E-state index in [1.165, 1.54) is 25.8 Å². The Kier molecular flexibility index (Phi) is 6.65. The van der Waals surface area contributed by atoms with Gasteiger partial charge in [0.25, 0.3) is 0 Å². The number of aliphatic carboxylic acids is 1. The zero-order valence-corrected chi connectivity index (χ0v) is 12.0. The van der Waals surface area contributed by atoms with Crippen LogP contribution >= 0.6 is 0 Å². The SMILES string of the molecule is CC(C)CC(NCCC1CCCCN1C)C(=O)O. The number of carboxylic acid groups (broad SMARTS) is 1. The van der Waals surface area contributed by atoms with Gasteiger partial charge in [-0.25, -0.2) is 0 Å².